The van der Waals surface area contributed by atoms with Crippen molar-refractivity contribution in [1.29, 1.82) is 0 Å². The Morgan fingerprint density at radius 2 is 2.14 bits per heavy atom. The highest BCUT2D eigenvalue weighted by Crippen LogP contribution is 2.27. The van der Waals surface area contributed by atoms with Crippen molar-refractivity contribution in [1.82, 2.24) is 24.8 Å². The van der Waals surface area contributed by atoms with Crippen LogP contribution in [0.4, 0.5) is 4.39 Å². The van der Waals surface area contributed by atoms with Crippen LogP contribution in [0.15, 0.2) is 49.2 Å². The minimum atomic E-state index is -3.91. The smallest absolute Gasteiger partial charge is 0.269 e. The lowest BCUT2D eigenvalue weighted by Gasteiger charge is -2.10. The lowest BCUT2D eigenvalue weighted by atomic mass is 10.1. The first-order valence-corrected chi connectivity index (χ1v) is 9.94. The second-order valence-electron chi connectivity index (χ2n) is 5.92. The molecule has 28 heavy (non-hydrogen) atoms. The molecular formula is C17H15ClFN5O3S. The number of aromatic nitrogens is 3. The van der Waals surface area contributed by atoms with E-state index in [1.807, 2.05) is 10.3 Å². The van der Waals surface area contributed by atoms with Crippen LogP contribution in [0.1, 0.15) is 15.9 Å². The molecule has 0 aliphatic carbocycles. The van der Waals surface area contributed by atoms with Crippen molar-refractivity contribution in [3.05, 3.63) is 71.2 Å². The van der Waals surface area contributed by atoms with Gasteiger partial charge in [-0.25, -0.2) is 17.8 Å². The van der Waals surface area contributed by atoms with E-state index < -0.39 is 33.1 Å². The Morgan fingerprint density at radius 1 is 1.36 bits per heavy atom. The van der Waals surface area contributed by atoms with Crippen LogP contribution in [0.2, 0.25) is 5.02 Å². The van der Waals surface area contributed by atoms with E-state index >= 15 is 0 Å². The molecule has 0 aliphatic heterocycles. The Bertz CT molecular complexity index is 1120. The van der Waals surface area contributed by atoms with Gasteiger partial charge in [0, 0.05) is 31.2 Å². The number of carbonyl (C=O) groups excluding carboxylic acids is 1. The third kappa shape index (κ3) is 4.71. The predicted molar refractivity (Wildman–Crippen MR) is 101 cm³/mol. The number of benzene rings is 1. The lowest BCUT2D eigenvalue weighted by Crippen LogP contribution is -2.42. The number of hydrogen-bond acceptors (Lipinski definition) is 5. The van der Waals surface area contributed by atoms with Gasteiger partial charge in [0.25, 0.3) is 5.91 Å². The van der Waals surface area contributed by atoms with Gasteiger partial charge in [0.2, 0.25) is 10.0 Å². The Hall–Kier alpha value is -2.82. The number of amides is 1. The summed E-state index contributed by atoms with van der Waals surface area (Å²) < 4.78 is 40.2. The molecule has 3 aromatic rings. The maximum atomic E-state index is 14.3. The molecule has 2 N–H and O–H groups in total. The Kier molecular flexibility index (Phi) is 5.73. The highest BCUT2D eigenvalue weighted by Gasteiger charge is 2.20. The monoisotopic (exact) mass is 423 g/mol. The minimum absolute atomic E-state index is 0.286. The van der Waals surface area contributed by atoms with Crippen LogP contribution in [-0.4, -0.2) is 28.9 Å². The van der Waals surface area contributed by atoms with Gasteiger partial charge < -0.3 is 4.57 Å². The molecule has 2 heterocycles. The number of pyridine rings is 1. The number of hydrazine groups is 1. The number of nitrogens with one attached hydrogen (secondary N) is 2. The molecule has 2 aromatic heterocycles. The summed E-state index contributed by atoms with van der Waals surface area (Å²) in [6, 6.07) is 5.74. The molecule has 0 saturated heterocycles. The predicted octanol–water partition coefficient (Wildman–Crippen LogP) is 2.04. The summed E-state index contributed by atoms with van der Waals surface area (Å²) >= 11 is 5.88. The van der Waals surface area contributed by atoms with E-state index in [2.05, 4.69) is 9.97 Å². The summed E-state index contributed by atoms with van der Waals surface area (Å²) in [7, 11) is -2.16. The maximum Gasteiger partial charge on any atom is 0.269 e. The standard InChI is InChI=1S/C17H15ClFN5O3S/c1-24-8-15(21-10-24)12-5-13(16(19)14(18)6-12)17(25)22-23-28(26,27)9-11-3-2-4-20-7-11/h2-8,10,23H,9H2,1H3,(H,22,25). The Labute approximate surface area is 165 Å². The van der Waals surface area contributed by atoms with Crippen molar-refractivity contribution in [3.8, 4) is 11.3 Å². The van der Waals surface area contributed by atoms with Crippen molar-refractivity contribution >= 4 is 27.5 Å². The fourth-order valence-electron chi connectivity index (χ4n) is 2.39. The summed E-state index contributed by atoms with van der Waals surface area (Å²) in [4.78, 5) is 22.2. The molecule has 0 spiro atoms. The molecule has 11 heteroatoms. The molecule has 0 radical (unpaired) electrons. The van der Waals surface area contributed by atoms with Crippen LogP contribution < -0.4 is 10.3 Å². The molecule has 0 unspecified atom stereocenters. The minimum Gasteiger partial charge on any atom is -0.340 e. The van der Waals surface area contributed by atoms with Crippen LogP contribution in [0.3, 0.4) is 0 Å². The largest absolute Gasteiger partial charge is 0.340 e. The van der Waals surface area contributed by atoms with E-state index in [4.69, 9.17) is 11.6 Å². The van der Waals surface area contributed by atoms with Crippen molar-refractivity contribution < 1.29 is 17.6 Å². The van der Waals surface area contributed by atoms with Crippen LogP contribution in [-0.2, 0) is 22.8 Å². The van der Waals surface area contributed by atoms with Crippen molar-refractivity contribution in [2.45, 2.75) is 5.75 Å². The molecule has 1 aromatic carbocycles. The fourth-order valence-corrected chi connectivity index (χ4v) is 3.54. The zero-order chi connectivity index (χ0) is 20.3. The Balaban J connectivity index is 1.77. The van der Waals surface area contributed by atoms with E-state index in [0.717, 1.165) is 0 Å². The average molecular weight is 424 g/mol. The van der Waals surface area contributed by atoms with Gasteiger partial charge >= 0.3 is 0 Å². The fraction of sp³-hybridized carbons (Fsp3) is 0.118. The molecule has 0 saturated carbocycles. The number of carbonyl (C=O) groups is 1. The number of aryl methyl sites for hydroxylation is 1. The van der Waals surface area contributed by atoms with Gasteiger partial charge in [-0.15, -0.1) is 4.83 Å². The highest BCUT2D eigenvalue weighted by atomic mass is 35.5. The van der Waals surface area contributed by atoms with Crippen LogP contribution in [0.5, 0.6) is 0 Å². The van der Waals surface area contributed by atoms with E-state index in [9.17, 15) is 17.6 Å². The number of halogens is 2. The van der Waals surface area contributed by atoms with Gasteiger partial charge in [0.1, 0.15) is 0 Å². The van der Waals surface area contributed by atoms with Crippen molar-refractivity contribution in [3.63, 3.8) is 0 Å². The van der Waals surface area contributed by atoms with Gasteiger partial charge in [-0.05, 0) is 23.8 Å². The molecule has 0 bridgehead atoms. The van der Waals surface area contributed by atoms with Gasteiger partial charge in [-0.3, -0.25) is 15.2 Å². The lowest BCUT2D eigenvalue weighted by molar-refractivity contribution is 0.0941. The highest BCUT2D eigenvalue weighted by molar-refractivity contribution is 7.88. The van der Waals surface area contributed by atoms with E-state index in [0.29, 0.717) is 16.8 Å². The summed E-state index contributed by atoms with van der Waals surface area (Å²) in [5, 5.41) is -0.286. The third-order valence-electron chi connectivity index (χ3n) is 3.67. The molecule has 0 atom stereocenters. The van der Waals surface area contributed by atoms with E-state index in [-0.39, 0.29) is 5.02 Å². The SMILES string of the molecule is Cn1cnc(-c2cc(Cl)c(F)c(C(=O)NNS(=O)(=O)Cc3cccnc3)c2)c1. The Morgan fingerprint density at radius 3 is 2.79 bits per heavy atom. The molecule has 3 rings (SSSR count). The first-order valence-electron chi connectivity index (χ1n) is 7.91. The molecular weight excluding hydrogens is 409 g/mol. The number of nitrogens with zero attached hydrogens (tertiary/aromatic N) is 3. The molecule has 0 fully saturated rings. The second-order valence-corrected chi connectivity index (χ2v) is 8.05. The van der Waals surface area contributed by atoms with E-state index in [1.165, 1.54) is 24.5 Å². The van der Waals surface area contributed by atoms with Gasteiger partial charge in [0.15, 0.2) is 5.82 Å². The number of sulfonamides is 1. The van der Waals surface area contributed by atoms with Crippen LogP contribution >= 0.6 is 11.6 Å². The second kappa shape index (κ2) is 8.05. The topological polar surface area (TPSA) is 106 Å². The first kappa shape index (κ1) is 19.9. The summed E-state index contributed by atoms with van der Waals surface area (Å²) in [5.74, 6) is -2.37. The van der Waals surface area contributed by atoms with Gasteiger partial charge in [-0.2, -0.15) is 0 Å². The third-order valence-corrected chi connectivity index (χ3v) is 5.07. The first-order chi connectivity index (χ1) is 13.2. The van der Waals surface area contributed by atoms with Crippen molar-refractivity contribution in [2.24, 2.45) is 7.05 Å². The van der Waals surface area contributed by atoms with Crippen LogP contribution in [0.25, 0.3) is 11.3 Å². The molecule has 146 valence electrons. The maximum absolute atomic E-state index is 14.3. The van der Waals surface area contributed by atoms with Gasteiger partial charge in [-0.1, -0.05) is 17.7 Å². The number of imidazole rings is 1. The van der Waals surface area contributed by atoms with Crippen LogP contribution in [0, 0.1) is 5.82 Å². The average Bonchev–Trinajstić information content (AvgIpc) is 3.09. The zero-order valence-corrected chi connectivity index (χ0v) is 16.1. The zero-order valence-electron chi connectivity index (χ0n) is 14.6. The molecule has 8 nitrogen and oxygen atoms in total. The summed E-state index contributed by atoms with van der Waals surface area (Å²) in [6.07, 6.45) is 6.10. The number of rotatable bonds is 6. The van der Waals surface area contributed by atoms with E-state index in [1.54, 1.807) is 36.3 Å². The quantitative estimate of drug-likeness (QED) is 0.590. The van der Waals surface area contributed by atoms with Crippen molar-refractivity contribution in [2.75, 3.05) is 0 Å². The van der Waals surface area contributed by atoms with Gasteiger partial charge in [0.05, 0.1) is 28.4 Å². The molecule has 1 amide bonds. The summed E-state index contributed by atoms with van der Waals surface area (Å²) in [5.41, 5.74) is 2.89. The summed E-state index contributed by atoms with van der Waals surface area (Å²) in [6.45, 7) is 0. The molecule has 0 aliphatic rings. The normalized spacial score (nSPS) is 11.4. The number of hydrogen-bond donors (Lipinski definition) is 2.